The lowest BCUT2D eigenvalue weighted by atomic mass is 9.78. The van der Waals surface area contributed by atoms with Crippen molar-refractivity contribution in [3.05, 3.63) is 24.3 Å². The standard InChI is InChI=1S/C19H25N5OS/c1-11-7-6-9-14(12(11)2)20-17(25)13(3)26-19-23-22-18-21-15-8-4-5-10-16(15)24(18)19/h4-5,8,10-14H,6-7,9H2,1-3H3,(H,20,25)(H,21,22)/t11-,12-,13-,14+/m0/s1. The van der Waals surface area contributed by atoms with E-state index in [1.165, 1.54) is 24.6 Å². The molecular weight excluding hydrogens is 346 g/mol. The number of carbonyl (C=O) groups is 1. The van der Waals surface area contributed by atoms with Crippen LogP contribution in [0.25, 0.3) is 16.8 Å². The fraction of sp³-hybridized carbons (Fsp3) is 0.526. The summed E-state index contributed by atoms with van der Waals surface area (Å²) in [7, 11) is 0. The summed E-state index contributed by atoms with van der Waals surface area (Å²) in [6, 6.07) is 8.23. The molecule has 3 aromatic rings. The third-order valence-electron chi connectivity index (χ3n) is 5.69. The number of nitrogens with one attached hydrogen (secondary N) is 2. The molecule has 0 bridgehead atoms. The van der Waals surface area contributed by atoms with Crippen LogP contribution in [-0.4, -0.2) is 36.8 Å². The number of para-hydroxylation sites is 2. The third-order valence-corrected chi connectivity index (χ3v) is 6.74. The Morgan fingerprint density at radius 3 is 3.00 bits per heavy atom. The number of rotatable bonds is 4. The molecule has 2 heterocycles. The van der Waals surface area contributed by atoms with Gasteiger partial charge in [-0.1, -0.05) is 50.6 Å². The van der Waals surface area contributed by atoms with Crippen LogP contribution in [0, 0.1) is 11.8 Å². The van der Waals surface area contributed by atoms with Crippen molar-refractivity contribution in [2.24, 2.45) is 11.8 Å². The molecular formula is C19H25N5OS. The van der Waals surface area contributed by atoms with E-state index in [4.69, 9.17) is 0 Å². The zero-order valence-electron chi connectivity index (χ0n) is 15.4. The summed E-state index contributed by atoms with van der Waals surface area (Å²) >= 11 is 1.47. The number of imidazole rings is 1. The molecule has 0 saturated heterocycles. The van der Waals surface area contributed by atoms with Gasteiger partial charge in [-0.25, -0.2) is 10.1 Å². The fourth-order valence-corrected chi connectivity index (χ4v) is 4.70. The second-order valence-electron chi connectivity index (χ2n) is 7.41. The summed E-state index contributed by atoms with van der Waals surface area (Å²) < 4.78 is 1.98. The van der Waals surface area contributed by atoms with Gasteiger partial charge in [0.1, 0.15) is 0 Å². The molecule has 7 heteroatoms. The molecule has 4 rings (SSSR count). The Labute approximate surface area is 157 Å². The minimum absolute atomic E-state index is 0.0847. The van der Waals surface area contributed by atoms with Crippen LogP contribution in [0.5, 0.6) is 0 Å². The summed E-state index contributed by atoms with van der Waals surface area (Å²) in [5, 5.41) is 11.1. The molecule has 4 atom stereocenters. The average Bonchev–Trinajstić information content (AvgIpc) is 3.18. The van der Waals surface area contributed by atoms with Gasteiger partial charge in [0.05, 0.1) is 16.3 Å². The van der Waals surface area contributed by atoms with Crippen LogP contribution < -0.4 is 5.32 Å². The van der Waals surface area contributed by atoms with Gasteiger partial charge in [-0.15, -0.1) is 5.10 Å². The highest BCUT2D eigenvalue weighted by Gasteiger charge is 2.30. The van der Waals surface area contributed by atoms with Crippen molar-refractivity contribution in [3.8, 4) is 0 Å². The van der Waals surface area contributed by atoms with Crippen molar-refractivity contribution >= 4 is 34.5 Å². The molecule has 0 unspecified atom stereocenters. The Balaban J connectivity index is 1.50. The molecule has 6 nitrogen and oxygen atoms in total. The normalized spacial score (nSPS) is 24.8. The molecule has 1 aliphatic rings. The summed E-state index contributed by atoms with van der Waals surface area (Å²) in [4.78, 5) is 17.3. The predicted octanol–water partition coefficient (Wildman–Crippen LogP) is 3.63. The zero-order chi connectivity index (χ0) is 18.3. The van der Waals surface area contributed by atoms with E-state index >= 15 is 0 Å². The minimum atomic E-state index is -0.216. The first-order valence-corrected chi connectivity index (χ1v) is 10.2. The Kier molecular flexibility index (Phi) is 4.65. The molecule has 2 N–H and O–H groups in total. The topological polar surface area (TPSA) is 75.1 Å². The number of aromatic nitrogens is 4. The smallest absolute Gasteiger partial charge is 0.233 e. The Hall–Kier alpha value is -2.02. The molecule has 0 radical (unpaired) electrons. The van der Waals surface area contributed by atoms with Crippen molar-refractivity contribution < 1.29 is 4.79 Å². The zero-order valence-corrected chi connectivity index (χ0v) is 16.2. The Bertz CT molecular complexity index is 932. The van der Waals surface area contributed by atoms with Gasteiger partial charge in [-0.2, -0.15) is 0 Å². The number of carbonyl (C=O) groups excluding carboxylic acids is 1. The lowest BCUT2D eigenvalue weighted by molar-refractivity contribution is -0.121. The number of fused-ring (bicyclic) bond motifs is 3. The van der Waals surface area contributed by atoms with Gasteiger partial charge >= 0.3 is 0 Å². The number of H-pyrrole nitrogens is 1. The van der Waals surface area contributed by atoms with Crippen molar-refractivity contribution in [2.45, 2.75) is 56.5 Å². The number of benzene rings is 1. The van der Waals surface area contributed by atoms with Crippen LogP contribution in [0.2, 0.25) is 0 Å². The maximum Gasteiger partial charge on any atom is 0.233 e. The van der Waals surface area contributed by atoms with Crippen molar-refractivity contribution in [3.63, 3.8) is 0 Å². The highest BCUT2D eigenvalue weighted by molar-refractivity contribution is 8.00. The monoisotopic (exact) mass is 371 g/mol. The maximum absolute atomic E-state index is 12.7. The van der Waals surface area contributed by atoms with Gasteiger partial charge in [0.2, 0.25) is 11.7 Å². The van der Waals surface area contributed by atoms with E-state index in [1.807, 2.05) is 35.6 Å². The molecule has 26 heavy (non-hydrogen) atoms. The van der Waals surface area contributed by atoms with Crippen LogP contribution in [0.3, 0.4) is 0 Å². The van der Waals surface area contributed by atoms with Gasteiger partial charge in [-0.3, -0.25) is 9.20 Å². The first kappa shape index (κ1) is 17.4. The first-order chi connectivity index (χ1) is 12.5. The van der Waals surface area contributed by atoms with Crippen molar-refractivity contribution in [1.82, 2.24) is 24.9 Å². The number of amides is 1. The van der Waals surface area contributed by atoms with Crippen LogP contribution in [0.1, 0.15) is 40.0 Å². The van der Waals surface area contributed by atoms with E-state index in [-0.39, 0.29) is 17.2 Å². The van der Waals surface area contributed by atoms with Gasteiger partial charge < -0.3 is 5.32 Å². The molecule has 0 spiro atoms. The fourth-order valence-electron chi connectivity index (χ4n) is 3.82. The molecule has 138 valence electrons. The predicted molar refractivity (Wildman–Crippen MR) is 104 cm³/mol. The highest BCUT2D eigenvalue weighted by atomic mass is 32.2. The van der Waals surface area contributed by atoms with Crippen LogP contribution >= 0.6 is 11.8 Å². The number of aromatic amines is 1. The van der Waals surface area contributed by atoms with E-state index in [2.05, 4.69) is 34.3 Å². The van der Waals surface area contributed by atoms with Crippen LogP contribution in [-0.2, 0) is 4.79 Å². The van der Waals surface area contributed by atoms with Crippen molar-refractivity contribution in [2.75, 3.05) is 0 Å². The maximum atomic E-state index is 12.7. The first-order valence-electron chi connectivity index (χ1n) is 9.33. The molecule has 2 aromatic heterocycles. The summed E-state index contributed by atoms with van der Waals surface area (Å²) in [5.74, 6) is 1.98. The average molecular weight is 372 g/mol. The van der Waals surface area contributed by atoms with Gasteiger partial charge in [0.15, 0.2) is 5.16 Å². The lowest BCUT2D eigenvalue weighted by Crippen LogP contribution is -2.46. The molecule has 1 aromatic carbocycles. The largest absolute Gasteiger partial charge is 0.352 e. The lowest BCUT2D eigenvalue weighted by Gasteiger charge is -2.35. The molecule has 1 saturated carbocycles. The molecule has 1 amide bonds. The van der Waals surface area contributed by atoms with E-state index in [0.717, 1.165) is 22.6 Å². The number of thioether (sulfide) groups is 1. The van der Waals surface area contributed by atoms with Gasteiger partial charge in [0, 0.05) is 6.04 Å². The summed E-state index contributed by atoms with van der Waals surface area (Å²) in [6.07, 6.45) is 3.53. The Morgan fingerprint density at radius 2 is 2.15 bits per heavy atom. The highest BCUT2D eigenvalue weighted by Crippen LogP contribution is 2.30. The summed E-state index contributed by atoms with van der Waals surface area (Å²) in [6.45, 7) is 6.48. The van der Waals surface area contributed by atoms with E-state index in [0.29, 0.717) is 17.6 Å². The number of hydrogen-bond acceptors (Lipinski definition) is 4. The molecule has 0 aliphatic heterocycles. The minimum Gasteiger partial charge on any atom is -0.352 e. The number of nitrogens with zero attached hydrogens (tertiary/aromatic N) is 3. The van der Waals surface area contributed by atoms with Gasteiger partial charge in [0.25, 0.3) is 0 Å². The number of hydrogen-bond donors (Lipinski definition) is 2. The van der Waals surface area contributed by atoms with Gasteiger partial charge in [-0.05, 0) is 37.3 Å². The second kappa shape index (κ2) is 6.95. The van der Waals surface area contributed by atoms with Crippen molar-refractivity contribution in [1.29, 1.82) is 0 Å². The van der Waals surface area contributed by atoms with Crippen LogP contribution in [0.4, 0.5) is 0 Å². The SMILES string of the molecule is C[C@H]1[C@@H](C)CCC[C@H]1NC(=O)[C@H](C)Sc1n[nH]c2nc3ccccc3n12. The molecule has 1 fully saturated rings. The third kappa shape index (κ3) is 3.09. The van der Waals surface area contributed by atoms with E-state index in [1.54, 1.807) is 0 Å². The van der Waals surface area contributed by atoms with Crippen LogP contribution in [0.15, 0.2) is 29.4 Å². The summed E-state index contributed by atoms with van der Waals surface area (Å²) in [5.41, 5.74) is 1.92. The Morgan fingerprint density at radius 1 is 1.35 bits per heavy atom. The quantitative estimate of drug-likeness (QED) is 0.687. The van der Waals surface area contributed by atoms with E-state index in [9.17, 15) is 4.79 Å². The van der Waals surface area contributed by atoms with E-state index < -0.39 is 0 Å². The second-order valence-corrected chi connectivity index (χ2v) is 8.72. The molecule has 1 aliphatic carbocycles.